The Hall–Kier alpha value is -0.300. The molecule has 0 saturated heterocycles. The number of hydrogen-bond donors (Lipinski definition) is 0. The van der Waals surface area contributed by atoms with Crippen molar-refractivity contribution in [1.29, 1.82) is 0 Å². The first-order valence-electron chi connectivity index (χ1n) is 7.38. The van der Waals surface area contributed by atoms with Crippen LogP contribution in [-0.4, -0.2) is 29.6 Å². The third-order valence-corrected chi connectivity index (χ3v) is 3.68. The second-order valence-corrected chi connectivity index (χ2v) is 5.16. The molecule has 0 nitrogen and oxygen atoms in total. The summed E-state index contributed by atoms with van der Waals surface area (Å²) in [6.07, 6.45) is 9.48. The van der Waals surface area contributed by atoms with E-state index in [9.17, 15) is 0 Å². The second-order valence-electron chi connectivity index (χ2n) is 5.16. The summed E-state index contributed by atoms with van der Waals surface area (Å²) in [6, 6.07) is 15.4. The molecule has 0 amide bonds. The van der Waals surface area contributed by atoms with Crippen LogP contribution in [0.5, 0.6) is 0 Å². The summed E-state index contributed by atoms with van der Waals surface area (Å²) in [4.78, 5) is 0. The molecule has 0 heterocycles. The van der Waals surface area contributed by atoms with Gasteiger partial charge in [0.2, 0.25) is 0 Å². The number of rotatable bonds is 7. The van der Waals surface area contributed by atoms with E-state index >= 15 is 0 Å². The maximum absolute atomic E-state index is 2.29. The van der Waals surface area contributed by atoms with Crippen LogP contribution in [0.1, 0.15) is 51.0 Å². The minimum atomic E-state index is 0. The SMILES string of the molecule is CCCCCCCCc1cccc2ccccc12.[NaH]. The molecule has 0 unspecified atom stereocenters. The van der Waals surface area contributed by atoms with Crippen molar-refractivity contribution in [3.8, 4) is 0 Å². The first-order chi connectivity index (χ1) is 8.92. The maximum atomic E-state index is 2.29. The van der Waals surface area contributed by atoms with Crippen LogP contribution in [0.3, 0.4) is 0 Å². The average Bonchev–Trinajstić information content (AvgIpc) is 2.43. The predicted octanol–water partition coefficient (Wildman–Crippen LogP) is 5.09. The van der Waals surface area contributed by atoms with E-state index in [1.54, 1.807) is 0 Å². The monoisotopic (exact) mass is 264 g/mol. The summed E-state index contributed by atoms with van der Waals surface area (Å²) in [6.45, 7) is 2.27. The molecule has 2 rings (SSSR count). The Bertz CT molecular complexity index is 471. The van der Waals surface area contributed by atoms with E-state index in [1.807, 2.05) is 0 Å². The van der Waals surface area contributed by atoms with Gasteiger partial charge in [-0.25, -0.2) is 0 Å². The quantitative estimate of drug-likeness (QED) is 0.482. The van der Waals surface area contributed by atoms with E-state index < -0.39 is 0 Å². The van der Waals surface area contributed by atoms with Gasteiger partial charge in [0.1, 0.15) is 0 Å². The molecule has 0 aliphatic carbocycles. The predicted molar refractivity (Wildman–Crippen MR) is 88.2 cm³/mol. The van der Waals surface area contributed by atoms with Crippen molar-refractivity contribution < 1.29 is 0 Å². The van der Waals surface area contributed by atoms with Crippen LogP contribution in [-0.2, 0) is 6.42 Å². The van der Waals surface area contributed by atoms with Crippen molar-refractivity contribution in [3.63, 3.8) is 0 Å². The first kappa shape index (κ1) is 16.8. The fourth-order valence-electron chi connectivity index (χ4n) is 2.61. The van der Waals surface area contributed by atoms with Gasteiger partial charge in [-0.05, 0) is 29.2 Å². The van der Waals surface area contributed by atoms with Crippen LogP contribution < -0.4 is 0 Å². The number of aryl methyl sites for hydroxylation is 1. The molecule has 0 atom stereocenters. The molecule has 0 spiro atoms. The Labute approximate surface area is 139 Å². The van der Waals surface area contributed by atoms with Crippen molar-refractivity contribution in [2.75, 3.05) is 0 Å². The van der Waals surface area contributed by atoms with Crippen LogP contribution >= 0.6 is 0 Å². The van der Waals surface area contributed by atoms with E-state index in [0.717, 1.165) is 0 Å². The standard InChI is InChI=1S/C18H24.Na.H/c1-2-3-4-5-6-7-11-16-13-10-14-17-12-8-9-15-18(16)17;;/h8-10,12-15H,2-7,11H2,1H3;;. The molecule has 2 aromatic carbocycles. The summed E-state index contributed by atoms with van der Waals surface area (Å²) in [5, 5.41) is 2.81. The molecule has 19 heavy (non-hydrogen) atoms. The molecule has 0 N–H and O–H groups in total. The second kappa shape index (κ2) is 9.58. The van der Waals surface area contributed by atoms with E-state index in [0.29, 0.717) is 0 Å². The number of hydrogen-bond acceptors (Lipinski definition) is 0. The van der Waals surface area contributed by atoms with E-state index in [-0.39, 0.29) is 29.6 Å². The van der Waals surface area contributed by atoms with Gasteiger partial charge < -0.3 is 0 Å². The molecular weight excluding hydrogens is 239 g/mol. The number of benzene rings is 2. The fraction of sp³-hybridized carbons (Fsp3) is 0.444. The zero-order valence-electron chi connectivity index (χ0n) is 11.5. The topological polar surface area (TPSA) is 0 Å². The molecule has 0 bridgehead atoms. The Morgan fingerprint density at radius 1 is 0.737 bits per heavy atom. The third-order valence-electron chi connectivity index (χ3n) is 3.68. The van der Waals surface area contributed by atoms with E-state index in [4.69, 9.17) is 0 Å². The summed E-state index contributed by atoms with van der Waals surface area (Å²) < 4.78 is 0. The van der Waals surface area contributed by atoms with Crippen LogP contribution in [0.2, 0.25) is 0 Å². The molecule has 0 saturated carbocycles. The Kier molecular flexibility index (Phi) is 8.45. The molecule has 0 aliphatic heterocycles. The van der Waals surface area contributed by atoms with Gasteiger partial charge in [0.25, 0.3) is 0 Å². The Morgan fingerprint density at radius 2 is 1.42 bits per heavy atom. The van der Waals surface area contributed by atoms with Gasteiger partial charge >= 0.3 is 29.6 Å². The van der Waals surface area contributed by atoms with Gasteiger partial charge in [0, 0.05) is 0 Å². The first-order valence-corrected chi connectivity index (χ1v) is 7.38. The van der Waals surface area contributed by atoms with Gasteiger partial charge in [-0.2, -0.15) is 0 Å². The van der Waals surface area contributed by atoms with Gasteiger partial charge in [-0.15, -0.1) is 0 Å². The van der Waals surface area contributed by atoms with Crippen molar-refractivity contribution in [3.05, 3.63) is 48.0 Å². The van der Waals surface area contributed by atoms with E-state index in [2.05, 4.69) is 49.4 Å². The summed E-state index contributed by atoms with van der Waals surface area (Å²) in [5.74, 6) is 0. The van der Waals surface area contributed by atoms with Crippen molar-refractivity contribution >= 4 is 40.3 Å². The van der Waals surface area contributed by atoms with Crippen LogP contribution in [0, 0.1) is 0 Å². The van der Waals surface area contributed by atoms with Crippen LogP contribution in [0.25, 0.3) is 10.8 Å². The Balaban J connectivity index is 0.00000180. The molecule has 1 heteroatoms. The van der Waals surface area contributed by atoms with Crippen LogP contribution in [0.4, 0.5) is 0 Å². The summed E-state index contributed by atoms with van der Waals surface area (Å²) >= 11 is 0. The molecular formula is C18H25Na. The van der Waals surface area contributed by atoms with Gasteiger partial charge in [0.05, 0.1) is 0 Å². The molecule has 2 aromatic rings. The number of unbranched alkanes of at least 4 members (excludes halogenated alkanes) is 5. The summed E-state index contributed by atoms with van der Waals surface area (Å²) in [7, 11) is 0. The van der Waals surface area contributed by atoms with Crippen LogP contribution in [0.15, 0.2) is 42.5 Å². The van der Waals surface area contributed by atoms with Gasteiger partial charge in [0.15, 0.2) is 0 Å². The van der Waals surface area contributed by atoms with Gasteiger partial charge in [-0.3, -0.25) is 0 Å². The molecule has 0 aliphatic rings. The zero-order chi connectivity index (χ0) is 12.6. The molecule has 0 fully saturated rings. The summed E-state index contributed by atoms with van der Waals surface area (Å²) in [5.41, 5.74) is 1.52. The van der Waals surface area contributed by atoms with E-state index in [1.165, 1.54) is 61.3 Å². The zero-order valence-corrected chi connectivity index (χ0v) is 11.5. The third kappa shape index (κ3) is 5.30. The average molecular weight is 264 g/mol. The normalized spacial score (nSPS) is 10.4. The minimum absolute atomic E-state index is 0. The van der Waals surface area contributed by atoms with Crippen molar-refractivity contribution in [2.45, 2.75) is 51.9 Å². The van der Waals surface area contributed by atoms with Gasteiger partial charge in [-0.1, -0.05) is 81.5 Å². The molecule has 0 radical (unpaired) electrons. The molecule has 98 valence electrons. The fourth-order valence-corrected chi connectivity index (χ4v) is 2.61. The van der Waals surface area contributed by atoms with Crippen molar-refractivity contribution in [2.24, 2.45) is 0 Å². The van der Waals surface area contributed by atoms with Crippen molar-refractivity contribution in [1.82, 2.24) is 0 Å². The molecule has 0 aromatic heterocycles. The number of fused-ring (bicyclic) bond motifs is 1. The Morgan fingerprint density at radius 3 is 2.26 bits per heavy atom.